The van der Waals surface area contributed by atoms with Crippen LogP contribution in [0.5, 0.6) is 5.75 Å². The third-order valence-electron chi connectivity index (χ3n) is 2.95. The minimum Gasteiger partial charge on any atom is -0.436 e. The molecule has 120 valence electrons. The monoisotopic (exact) mass is 330 g/mol. The molecule has 0 bridgehead atoms. The summed E-state index contributed by atoms with van der Waals surface area (Å²) in [6.45, 7) is -3.08. The molecule has 9 heteroatoms. The molecule has 0 saturated carbocycles. The van der Waals surface area contributed by atoms with Crippen LogP contribution in [-0.4, -0.2) is 16.6 Å². The number of alkyl halides is 5. The molecule has 0 fully saturated rings. The van der Waals surface area contributed by atoms with Gasteiger partial charge in [0.05, 0.1) is 17.3 Å². The first kappa shape index (κ1) is 15.2. The second-order valence-corrected chi connectivity index (χ2v) is 4.45. The molecule has 23 heavy (non-hydrogen) atoms. The number of benzene rings is 1. The van der Waals surface area contributed by atoms with Crippen LogP contribution in [0, 0.1) is 0 Å². The lowest BCUT2D eigenvalue weighted by molar-refractivity contribution is -0.137. The molecule has 2 heterocycles. The van der Waals surface area contributed by atoms with Gasteiger partial charge in [-0.05, 0) is 24.3 Å². The summed E-state index contributed by atoms with van der Waals surface area (Å²) in [6.07, 6.45) is -2.19. The van der Waals surface area contributed by atoms with Crippen molar-refractivity contribution >= 4 is 11.1 Å². The van der Waals surface area contributed by atoms with Crippen molar-refractivity contribution in [3.05, 3.63) is 42.2 Å². The Hall–Kier alpha value is -2.71. The second-order valence-electron chi connectivity index (χ2n) is 4.45. The molecule has 3 aromatic rings. The van der Waals surface area contributed by atoms with Crippen molar-refractivity contribution < 1.29 is 31.1 Å². The van der Waals surface area contributed by atoms with Crippen LogP contribution in [0.4, 0.5) is 22.0 Å². The van der Waals surface area contributed by atoms with Crippen LogP contribution in [-0.2, 0) is 6.18 Å². The fraction of sp³-hybridized carbons (Fsp3) is 0.143. The molecule has 0 aliphatic heterocycles. The molecule has 0 saturated heterocycles. The molecule has 0 N–H and O–H groups in total. The number of hydrogen-bond donors (Lipinski definition) is 0. The Labute approximate surface area is 125 Å². The highest BCUT2D eigenvalue weighted by molar-refractivity contribution is 5.78. The number of rotatable bonds is 3. The Morgan fingerprint density at radius 3 is 2.61 bits per heavy atom. The zero-order valence-corrected chi connectivity index (χ0v) is 11.1. The standard InChI is InChI=1S/C14H7F5N2O2/c15-13(16)23-11-6-20-4-3-8(11)12-21-9-5-7(14(17,18)19)1-2-10(9)22-12/h1-6,13H. The first-order valence-corrected chi connectivity index (χ1v) is 6.21. The van der Waals surface area contributed by atoms with Crippen LogP contribution in [0.1, 0.15) is 5.56 Å². The number of pyridine rings is 1. The SMILES string of the molecule is FC(F)Oc1cnccc1-c1nc2cc(C(F)(F)F)ccc2o1. The third-order valence-corrected chi connectivity index (χ3v) is 2.95. The summed E-state index contributed by atoms with van der Waals surface area (Å²) in [5, 5.41) is 0. The van der Waals surface area contributed by atoms with Gasteiger partial charge in [0, 0.05) is 6.20 Å². The van der Waals surface area contributed by atoms with E-state index < -0.39 is 18.4 Å². The number of aromatic nitrogens is 2. The van der Waals surface area contributed by atoms with Gasteiger partial charge in [-0.1, -0.05) is 0 Å². The molecule has 0 aliphatic rings. The van der Waals surface area contributed by atoms with Crippen LogP contribution in [0.3, 0.4) is 0 Å². The average molecular weight is 330 g/mol. The van der Waals surface area contributed by atoms with Gasteiger partial charge in [-0.2, -0.15) is 22.0 Å². The molecule has 0 atom stereocenters. The zero-order valence-electron chi connectivity index (χ0n) is 11.1. The van der Waals surface area contributed by atoms with Gasteiger partial charge in [-0.3, -0.25) is 4.98 Å². The molecule has 0 unspecified atom stereocenters. The maximum Gasteiger partial charge on any atom is 0.416 e. The van der Waals surface area contributed by atoms with Crippen molar-refractivity contribution in [3.63, 3.8) is 0 Å². The van der Waals surface area contributed by atoms with E-state index in [1.165, 1.54) is 12.3 Å². The van der Waals surface area contributed by atoms with E-state index in [0.717, 1.165) is 24.4 Å². The molecular formula is C14H7F5N2O2. The number of ether oxygens (including phenoxy) is 1. The van der Waals surface area contributed by atoms with Gasteiger partial charge in [-0.25, -0.2) is 4.98 Å². The van der Waals surface area contributed by atoms with Crippen LogP contribution in [0.15, 0.2) is 41.1 Å². The Morgan fingerprint density at radius 2 is 1.91 bits per heavy atom. The van der Waals surface area contributed by atoms with Crippen LogP contribution >= 0.6 is 0 Å². The predicted octanol–water partition coefficient (Wildman–Crippen LogP) is 4.51. The number of hydrogen-bond acceptors (Lipinski definition) is 4. The number of fused-ring (bicyclic) bond motifs is 1. The van der Waals surface area contributed by atoms with Crippen molar-refractivity contribution in [2.24, 2.45) is 0 Å². The summed E-state index contributed by atoms with van der Waals surface area (Å²) in [6, 6.07) is 4.09. The zero-order chi connectivity index (χ0) is 16.6. The molecule has 0 spiro atoms. The minimum atomic E-state index is -4.52. The van der Waals surface area contributed by atoms with E-state index >= 15 is 0 Å². The van der Waals surface area contributed by atoms with E-state index in [0.29, 0.717) is 0 Å². The molecule has 2 aromatic heterocycles. The maximum absolute atomic E-state index is 12.7. The quantitative estimate of drug-likeness (QED) is 0.663. The van der Waals surface area contributed by atoms with Crippen LogP contribution in [0.2, 0.25) is 0 Å². The number of oxazole rings is 1. The lowest BCUT2D eigenvalue weighted by Gasteiger charge is -2.06. The fourth-order valence-corrected chi connectivity index (χ4v) is 1.97. The third kappa shape index (κ3) is 3.08. The first-order valence-electron chi connectivity index (χ1n) is 6.21. The lowest BCUT2D eigenvalue weighted by atomic mass is 10.2. The average Bonchev–Trinajstić information content (AvgIpc) is 2.89. The molecule has 3 rings (SSSR count). The van der Waals surface area contributed by atoms with Crippen molar-refractivity contribution in [2.45, 2.75) is 12.8 Å². The highest BCUT2D eigenvalue weighted by Gasteiger charge is 2.31. The molecule has 0 amide bonds. The van der Waals surface area contributed by atoms with Crippen molar-refractivity contribution in [3.8, 4) is 17.2 Å². The molecule has 1 aromatic carbocycles. The second kappa shape index (κ2) is 5.49. The van der Waals surface area contributed by atoms with Gasteiger partial charge in [0.25, 0.3) is 0 Å². The van der Waals surface area contributed by atoms with Crippen LogP contribution in [0.25, 0.3) is 22.6 Å². The van der Waals surface area contributed by atoms with Crippen molar-refractivity contribution in [1.82, 2.24) is 9.97 Å². The van der Waals surface area contributed by atoms with Gasteiger partial charge in [0.1, 0.15) is 5.52 Å². The van der Waals surface area contributed by atoms with Gasteiger partial charge in [0.15, 0.2) is 11.3 Å². The summed E-state index contributed by atoms with van der Waals surface area (Å²) >= 11 is 0. The van der Waals surface area contributed by atoms with E-state index in [1.807, 2.05) is 0 Å². The van der Waals surface area contributed by atoms with Crippen molar-refractivity contribution in [2.75, 3.05) is 0 Å². The van der Waals surface area contributed by atoms with E-state index in [9.17, 15) is 22.0 Å². The Morgan fingerprint density at radius 1 is 1.13 bits per heavy atom. The van der Waals surface area contributed by atoms with Gasteiger partial charge < -0.3 is 9.15 Å². The minimum absolute atomic E-state index is 0.0466. The fourth-order valence-electron chi connectivity index (χ4n) is 1.97. The van der Waals surface area contributed by atoms with E-state index in [4.69, 9.17) is 4.42 Å². The lowest BCUT2D eigenvalue weighted by Crippen LogP contribution is -2.04. The smallest absolute Gasteiger partial charge is 0.416 e. The van der Waals surface area contributed by atoms with Crippen molar-refractivity contribution in [1.29, 1.82) is 0 Å². The molecule has 0 aliphatic carbocycles. The molecule has 4 nitrogen and oxygen atoms in total. The Balaban J connectivity index is 2.08. The highest BCUT2D eigenvalue weighted by atomic mass is 19.4. The summed E-state index contributed by atoms with van der Waals surface area (Å²) in [5.74, 6) is -0.428. The highest BCUT2D eigenvalue weighted by Crippen LogP contribution is 2.35. The summed E-state index contributed by atoms with van der Waals surface area (Å²) in [5.41, 5.74) is -0.781. The van der Waals surface area contributed by atoms with Crippen LogP contribution < -0.4 is 4.74 Å². The topological polar surface area (TPSA) is 48.2 Å². The predicted molar refractivity (Wildman–Crippen MR) is 68.9 cm³/mol. The summed E-state index contributed by atoms with van der Waals surface area (Å²) in [7, 11) is 0. The summed E-state index contributed by atoms with van der Waals surface area (Å²) in [4.78, 5) is 7.55. The van der Waals surface area contributed by atoms with Gasteiger partial charge in [0.2, 0.25) is 5.89 Å². The van der Waals surface area contributed by atoms with E-state index in [-0.39, 0.29) is 28.3 Å². The van der Waals surface area contributed by atoms with E-state index in [2.05, 4.69) is 14.7 Å². The Bertz CT molecular complexity index is 845. The molecular weight excluding hydrogens is 323 g/mol. The number of nitrogens with zero attached hydrogens (tertiary/aromatic N) is 2. The van der Waals surface area contributed by atoms with E-state index in [1.54, 1.807) is 0 Å². The Kier molecular flexibility index (Phi) is 3.63. The van der Waals surface area contributed by atoms with Gasteiger partial charge in [-0.15, -0.1) is 0 Å². The normalized spacial score (nSPS) is 12.1. The maximum atomic E-state index is 12.7. The largest absolute Gasteiger partial charge is 0.436 e. The molecule has 0 radical (unpaired) electrons. The number of halogens is 5. The summed E-state index contributed by atoms with van der Waals surface area (Å²) < 4.78 is 72.4. The van der Waals surface area contributed by atoms with Gasteiger partial charge >= 0.3 is 12.8 Å². The first-order chi connectivity index (χ1) is 10.8.